The molecule has 1 amide bonds. The van der Waals surface area contributed by atoms with Crippen LogP contribution in [-0.2, 0) is 11.3 Å². The number of hydrogen-bond donors (Lipinski definition) is 1. The lowest BCUT2D eigenvalue weighted by atomic mass is 10.2. The average Bonchev–Trinajstić information content (AvgIpc) is 2.58. The van der Waals surface area contributed by atoms with E-state index in [0.29, 0.717) is 25.4 Å². The lowest BCUT2D eigenvalue weighted by Gasteiger charge is -2.22. The number of thioether (sulfide) groups is 1. The van der Waals surface area contributed by atoms with E-state index in [1.807, 2.05) is 35.2 Å². The van der Waals surface area contributed by atoms with Gasteiger partial charge in [0.15, 0.2) is 0 Å². The minimum atomic E-state index is 0. The fourth-order valence-electron chi connectivity index (χ4n) is 2.33. The molecule has 0 aliphatic carbocycles. The summed E-state index contributed by atoms with van der Waals surface area (Å²) < 4.78 is 0. The number of rotatable bonds is 8. The number of benzene rings is 2. The maximum atomic E-state index is 12.6. The van der Waals surface area contributed by atoms with Gasteiger partial charge in [0.25, 0.3) is 0 Å². The third kappa shape index (κ3) is 6.56. The van der Waals surface area contributed by atoms with Gasteiger partial charge in [-0.3, -0.25) is 4.79 Å². The fraction of sp³-hybridized carbons (Fsp3) is 0.316. The third-order valence-corrected chi connectivity index (χ3v) is 4.81. The van der Waals surface area contributed by atoms with Crippen molar-refractivity contribution in [3.63, 3.8) is 0 Å². The van der Waals surface area contributed by atoms with Crippen LogP contribution in [0.15, 0.2) is 59.5 Å². The van der Waals surface area contributed by atoms with E-state index >= 15 is 0 Å². The number of halogens is 1. The number of nitrogens with two attached hydrogens (primary N) is 1. The van der Waals surface area contributed by atoms with Crippen molar-refractivity contribution in [2.45, 2.75) is 24.8 Å². The molecule has 2 aromatic rings. The first-order chi connectivity index (χ1) is 11.2. The predicted molar refractivity (Wildman–Crippen MR) is 105 cm³/mol. The molecule has 0 radical (unpaired) electrons. The van der Waals surface area contributed by atoms with Gasteiger partial charge in [0.2, 0.25) is 5.91 Å². The summed E-state index contributed by atoms with van der Waals surface area (Å²) in [7, 11) is 0. The van der Waals surface area contributed by atoms with Gasteiger partial charge in [-0.1, -0.05) is 48.5 Å². The van der Waals surface area contributed by atoms with Crippen LogP contribution >= 0.6 is 24.2 Å². The monoisotopic (exact) mass is 364 g/mol. The number of nitrogens with zero attached hydrogens (tertiary/aromatic N) is 1. The Morgan fingerprint density at radius 1 is 1.08 bits per heavy atom. The SMILES string of the molecule is Cc1ccccc1SCC(=O)N(CCCN)Cc1ccccc1.Cl. The third-order valence-electron chi connectivity index (χ3n) is 3.65. The molecule has 5 heteroatoms. The molecule has 2 rings (SSSR count). The summed E-state index contributed by atoms with van der Waals surface area (Å²) in [6, 6.07) is 18.3. The van der Waals surface area contributed by atoms with Crippen molar-refractivity contribution in [2.75, 3.05) is 18.8 Å². The van der Waals surface area contributed by atoms with E-state index in [-0.39, 0.29) is 18.3 Å². The van der Waals surface area contributed by atoms with E-state index in [0.717, 1.165) is 12.0 Å². The van der Waals surface area contributed by atoms with Crippen LogP contribution in [0.5, 0.6) is 0 Å². The van der Waals surface area contributed by atoms with Crippen LogP contribution < -0.4 is 5.73 Å². The number of carbonyl (C=O) groups is 1. The molecule has 0 aromatic heterocycles. The average molecular weight is 365 g/mol. The number of amides is 1. The standard InChI is InChI=1S/C19H24N2OS.ClH/c1-16-8-5-6-11-18(16)23-15-19(22)21(13-7-12-20)14-17-9-3-2-4-10-17;/h2-6,8-11H,7,12-15,20H2,1H3;1H. The van der Waals surface area contributed by atoms with Crippen molar-refractivity contribution in [3.05, 3.63) is 65.7 Å². The van der Waals surface area contributed by atoms with Gasteiger partial charge in [-0.15, -0.1) is 24.2 Å². The Hall–Kier alpha value is -1.49. The summed E-state index contributed by atoms with van der Waals surface area (Å²) in [6.45, 7) is 4.03. The topological polar surface area (TPSA) is 46.3 Å². The minimum Gasteiger partial charge on any atom is -0.338 e. The molecule has 0 heterocycles. The first kappa shape index (κ1) is 20.6. The van der Waals surface area contributed by atoms with Crippen LogP contribution in [0.25, 0.3) is 0 Å². The molecule has 0 saturated heterocycles. The molecule has 24 heavy (non-hydrogen) atoms. The Bertz CT molecular complexity index is 622. The van der Waals surface area contributed by atoms with Gasteiger partial charge >= 0.3 is 0 Å². The normalized spacial score (nSPS) is 10.1. The van der Waals surface area contributed by atoms with Crippen molar-refractivity contribution in [2.24, 2.45) is 5.73 Å². The summed E-state index contributed by atoms with van der Waals surface area (Å²) in [4.78, 5) is 15.7. The lowest BCUT2D eigenvalue weighted by molar-refractivity contribution is -0.129. The molecule has 0 unspecified atom stereocenters. The van der Waals surface area contributed by atoms with E-state index in [2.05, 4.69) is 31.2 Å². The summed E-state index contributed by atoms with van der Waals surface area (Å²) in [5, 5.41) is 0. The van der Waals surface area contributed by atoms with Gasteiger partial charge in [-0.05, 0) is 37.1 Å². The summed E-state index contributed by atoms with van der Waals surface area (Å²) in [6.07, 6.45) is 0.827. The smallest absolute Gasteiger partial charge is 0.233 e. The zero-order valence-electron chi connectivity index (χ0n) is 14.0. The highest BCUT2D eigenvalue weighted by Gasteiger charge is 2.14. The number of carbonyl (C=O) groups excluding carboxylic acids is 1. The summed E-state index contributed by atoms with van der Waals surface area (Å²) in [5.74, 6) is 0.623. The van der Waals surface area contributed by atoms with E-state index in [9.17, 15) is 4.79 Å². The van der Waals surface area contributed by atoms with Gasteiger partial charge in [-0.2, -0.15) is 0 Å². The second-order valence-corrected chi connectivity index (χ2v) is 6.51. The van der Waals surface area contributed by atoms with E-state index < -0.39 is 0 Å². The maximum absolute atomic E-state index is 12.6. The van der Waals surface area contributed by atoms with E-state index in [4.69, 9.17) is 5.73 Å². The van der Waals surface area contributed by atoms with E-state index in [1.165, 1.54) is 10.5 Å². The van der Waals surface area contributed by atoms with Crippen molar-refractivity contribution in [1.29, 1.82) is 0 Å². The molecule has 0 fully saturated rings. The Morgan fingerprint density at radius 3 is 2.42 bits per heavy atom. The summed E-state index contributed by atoms with van der Waals surface area (Å²) >= 11 is 1.61. The number of aryl methyl sites for hydroxylation is 1. The Labute approximate surface area is 155 Å². The highest BCUT2D eigenvalue weighted by atomic mass is 35.5. The first-order valence-electron chi connectivity index (χ1n) is 7.91. The predicted octanol–water partition coefficient (Wildman–Crippen LogP) is 3.89. The second kappa shape index (κ2) is 11.1. The molecule has 0 aliphatic rings. The van der Waals surface area contributed by atoms with Crippen molar-refractivity contribution >= 4 is 30.1 Å². The minimum absolute atomic E-state index is 0. The fourth-order valence-corrected chi connectivity index (χ4v) is 3.26. The van der Waals surface area contributed by atoms with Crippen LogP contribution in [0.4, 0.5) is 0 Å². The molecule has 0 aliphatic heterocycles. The Morgan fingerprint density at radius 2 is 1.75 bits per heavy atom. The van der Waals surface area contributed by atoms with E-state index in [1.54, 1.807) is 11.8 Å². The van der Waals surface area contributed by atoms with Gasteiger partial charge in [-0.25, -0.2) is 0 Å². The Kier molecular flexibility index (Phi) is 9.53. The molecule has 0 bridgehead atoms. The second-order valence-electron chi connectivity index (χ2n) is 5.50. The van der Waals surface area contributed by atoms with Gasteiger partial charge < -0.3 is 10.6 Å². The van der Waals surface area contributed by atoms with Crippen LogP contribution in [0, 0.1) is 6.92 Å². The molecule has 2 aromatic carbocycles. The van der Waals surface area contributed by atoms with Crippen LogP contribution in [-0.4, -0.2) is 29.6 Å². The van der Waals surface area contributed by atoms with Crippen LogP contribution in [0.1, 0.15) is 17.5 Å². The first-order valence-corrected chi connectivity index (χ1v) is 8.89. The maximum Gasteiger partial charge on any atom is 0.233 e. The van der Waals surface area contributed by atoms with Gasteiger partial charge in [0, 0.05) is 18.0 Å². The molecule has 0 saturated carbocycles. The lowest BCUT2D eigenvalue weighted by Crippen LogP contribution is -2.33. The molecular weight excluding hydrogens is 340 g/mol. The molecular formula is C19H25ClN2OS. The molecule has 130 valence electrons. The molecule has 3 nitrogen and oxygen atoms in total. The molecule has 0 atom stereocenters. The quantitative estimate of drug-likeness (QED) is 0.723. The zero-order chi connectivity index (χ0) is 16.5. The Balaban J connectivity index is 0.00000288. The van der Waals surface area contributed by atoms with Crippen LogP contribution in [0.3, 0.4) is 0 Å². The van der Waals surface area contributed by atoms with Crippen molar-refractivity contribution in [1.82, 2.24) is 4.90 Å². The number of hydrogen-bond acceptors (Lipinski definition) is 3. The molecule has 0 spiro atoms. The summed E-state index contributed by atoms with van der Waals surface area (Å²) in [5.41, 5.74) is 7.97. The van der Waals surface area contributed by atoms with Gasteiger partial charge in [0.05, 0.1) is 5.75 Å². The van der Waals surface area contributed by atoms with Crippen molar-refractivity contribution < 1.29 is 4.79 Å². The van der Waals surface area contributed by atoms with Crippen molar-refractivity contribution in [3.8, 4) is 0 Å². The zero-order valence-corrected chi connectivity index (χ0v) is 15.6. The highest BCUT2D eigenvalue weighted by Crippen LogP contribution is 2.22. The largest absolute Gasteiger partial charge is 0.338 e. The van der Waals surface area contributed by atoms with Crippen LogP contribution in [0.2, 0.25) is 0 Å². The highest BCUT2D eigenvalue weighted by molar-refractivity contribution is 8.00. The van der Waals surface area contributed by atoms with Gasteiger partial charge in [0.1, 0.15) is 0 Å². The molecule has 2 N–H and O–H groups in total.